The highest BCUT2D eigenvalue weighted by molar-refractivity contribution is 5.76. The van der Waals surface area contributed by atoms with E-state index in [1.54, 1.807) is 37.5 Å². The Kier molecular flexibility index (Phi) is 8.40. The summed E-state index contributed by atoms with van der Waals surface area (Å²) >= 11 is 0. The Morgan fingerprint density at radius 1 is 1.16 bits per heavy atom. The fourth-order valence-corrected chi connectivity index (χ4v) is 6.85. The molecule has 43 heavy (non-hydrogen) atoms. The van der Waals surface area contributed by atoms with Gasteiger partial charge >= 0.3 is 18.0 Å². The fourth-order valence-electron chi connectivity index (χ4n) is 6.85. The summed E-state index contributed by atoms with van der Waals surface area (Å²) in [6.45, 7) is 4.61. The first kappa shape index (κ1) is 30.4. The Balaban J connectivity index is 1.37. The Morgan fingerprint density at radius 3 is 2.60 bits per heavy atom. The summed E-state index contributed by atoms with van der Waals surface area (Å²) in [6, 6.07) is 11.5. The molecule has 3 aliphatic rings. The first-order valence-corrected chi connectivity index (χ1v) is 14.4. The zero-order valence-electron chi connectivity index (χ0n) is 24.8. The van der Waals surface area contributed by atoms with E-state index in [2.05, 4.69) is 10.2 Å². The van der Waals surface area contributed by atoms with Gasteiger partial charge in [-0.3, -0.25) is 9.59 Å². The SMILES string of the molecule is COc1ccc(C)c2c1O[C@H]1C(OC(=O)CC(CC(=O)O)NC(=O)OCc3ccccc3)=CC[C@@]3(O)[C@@H](C)N(C)CC[C@]213. The molecule has 5 rings (SSSR count). The molecule has 11 heteroatoms. The molecule has 2 heterocycles. The van der Waals surface area contributed by atoms with E-state index < -0.39 is 54.0 Å². The van der Waals surface area contributed by atoms with E-state index in [-0.39, 0.29) is 24.8 Å². The molecular weight excluding hydrogens is 556 g/mol. The van der Waals surface area contributed by atoms with E-state index in [9.17, 15) is 24.6 Å². The number of alkyl carbamates (subject to hydrolysis) is 1. The molecule has 0 saturated carbocycles. The minimum atomic E-state index is -1.24. The second-order valence-corrected chi connectivity index (χ2v) is 11.6. The Bertz CT molecular complexity index is 1430. The Hall–Kier alpha value is -4.09. The topological polar surface area (TPSA) is 144 Å². The number of carboxylic acid groups (broad SMARTS) is 1. The lowest BCUT2D eigenvalue weighted by Gasteiger charge is -2.58. The molecule has 2 aliphatic heterocycles. The first-order valence-electron chi connectivity index (χ1n) is 14.4. The number of ether oxygens (including phenoxy) is 4. The number of aliphatic carboxylic acids is 1. The van der Waals surface area contributed by atoms with Crippen molar-refractivity contribution in [3.8, 4) is 11.5 Å². The van der Waals surface area contributed by atoms with Gasteiger partial charge in [-0.25, -0.2) is 4.79 Å². The minimum Gasteiger partial charge on any atom is -0.493 e. The number of nitrogens with one attached hydrogen (secondary N) is 1. The van der Waals surface area contributed by atoms with Crippen LogP contribution in [0, 0.1) is 6.92 Å². The van der Waals surface area contributed by atoms with Crippen LogP contribution >= 0.6 is 0 Å². The molecule has 1 spiro atoms. The van der Waals surface area contributed by atoms with Crippen molar-refractivity contribution in [1.29, 1.82) is 0 Å². The van der Waals surface area contributed by atoms with Crippen molar-refractivity contribution in [2.45, 2.75) is 75.3 Å². The number of rotatable bonds is 9. The molecule has 2 aromatic carbocycles. The number of carbonyl (C=O) groups excluding carboxylic acids is 2. The monoisotopic (exact) mass is 594 g/mol. The molecule has 1 unspecified atom stereocenters. The van der Waals surface area contributed by atoms with Gasteiger partial charge in [-0.15, -0.1) is 0 Å². The number of fused-ring (bicyclic) bond motifs is 1. The summed E-state index contributed by atoms with van der Waals surface area (Å²) in [5, 5.41) is 24.3. The normalized spacial score (nSPS) is 26.5. The zero-order valence-corrected chi connectivity index (χ0v) is 24.8. The van der Waals surface area contributed by atoms with Crippen LogP contribution < -0.4 is 14.8 Å². The number of aryl methyl sites for hydroxylation is 1. The predicted molar refractivity (Wildman–Crippen MR) is 155 cm³/mol. The molecule has 5 atom stereocenters. The molecule has 0 bridgehead atoms. The number of carboxylic acids is 1. The van der Waals surface area contributed by atoms with Gasteiger partial charge in [0.15, 0.2) is 17.6 Å². The standard InChI is InChI=1S/C32H38N2O9/c1-19-10-11-23(40-4)28-27(19)31-14-15-34(3)20(2)32(31,39)13-12-24(29(31)43-28)42-26(37)17-22(16-25(35)36)33-30(38)41-18-21-8-6-5-7-9-21/h5-12,20,22,29,39H,13-18H2,1-4H3,(H,33,38)(H,35,36)/t20-,22?,29+,31+,32-/m1/s1. The van der Waals surface area contributed by atoms with Crippen LogP contribution in [0.2, 0.25) is 0 Å². The second kappa shape index (κ2) is 11.9. The van der Waals surface area contributed by atoms with Crippen molar-refractivity contribution in [3.63, 3.8) is 0 Å². The smallest absolute Gasteiger partial charge is 0.407 e. The van der Waals surface area contributed by atoms with Gasteiger partial charge in [0.2, 0.25) is 0 Å². The summed E-state index contributed by atoms with van der Waals surface area (Å²) < 4.78 is 23.2. The van der Waals surface area contributed by atoms with Crippen LogP contribution in [-0.2, 0) is 31.1 Å². The predicted octanol–water partition coefficient (Wildman–Crippen LogP) is 3.45. The summed E-state index contributed by atoms with van der Waals surface area (Å²) in [6.07, 6.45) is -0.162. The number of likely N-dealkylation sites (tertiary alicyclic amines) is 1. The number of likely N-dealkylation sites (N-methyl/N-ethyl adjacent to an activating group) is 1. The van der Waals surface area contributed by atoms with Crippen LogP contribution in [0.3, 0.4) is 0 Å². The van der Waals surface area contributed by atoms with E-state index in [0.29, 0.717) is 24.5 Å². The number of carbonyl (C=O) groups is 3. The number of esters is 1. The van der Waals surface area contributed by atoms with Gasteiger partial charge in [0.05, 0.1) is 37.0 Å². The molecule has 1 saturated heterocycles. The molecule has 0 radical (unpaired) electrons. The number of hydrogen-bond donors (Lipinski definition) is 3. The van der Waals surface area contributed by atoms with Crippen molar-refractivity contribution in [2.24, 2.45) is 0 Å². The van der Waals surface area contributed by atoms with Crippen molar-refractivity contribution < 1.29 is 43.5 Å². The van der Waals surface area contributed by atoms with Crippen LogP contribution in [0.5, 0.6) is 11.5 Å². The number of amides is 1. The van der Waals surface area contributed by atoms with Crippen LogP contribution in [0.4, 0.5) is 4.79 Å². The highest BCUT2D eigenvalue weighted by Gasteiger charge is 2.69. The van der Waals surface area contributed by atoms with Gasteiger partial charge < -0.3 is 39.4 Å². The number of methoxy groups -OCH3 is 1. The van der Waals surface area contributed by atoms with E-state index in [4.69, 9.17) is 18.9 Å². The van der Waals surface area contributed by atoms with Gasteiger partial charge in [0.25, 0.3) is 0 Å². The molecule has 1 fully saturated rings. The van der Waals surface area contributed by atoms with Crippen molar-refractivity contribution >= 4 is 18.0 Å². The van der Waals surface area contributed by atoms with Crippen LogP contribution in [0.25, 0.3) is 0 Å². The summed E-state index contributed by atoms with van der Waals surface area (Å²) in [7, 11) is 3.52. The Morgan fingerprint density at radius 2 is 1.91 bits per heavy atom. The Labute approximate surface area is 250 Å². The number of benzene rings is 2. The third kappa shape index (κ3) is 5.43. The molecule has 11 nitrogen and oxygen atoms in total. The number of piperidine rings is 1. The van der Waals surface area contributed by atoms with E-state index >= 15 is 0 Å². The van der Waals surface area contributed by atoms with Gasteiger partial charge in [-0.1, -0.05) is 36.4 Å². The van der Waals surface area contributed by atoms with Crippen LogP contribution in [0.1, 0.15) is 49.3 Å². The first-order chi connectivity index (χ1) is 20.5. The van der Waals surface area contributed by atoms with Gasteiger partial charge in [0.1, 0.15) is 12.4 Å². The summed E-state index contributed by atoms with van der Waals surface area (Å²) in [5.41, 5.74) is 0.377. The molecule has 0 aromatic heterocycles. The third-order valence-corrected chi connectivity index (χ3v) is 9.14. The van der Waals surface area contributed by atoms with E-state index in [1.165, 1.54) is 0 Å². The highest BCUT2D eigenvalue weighted by atomic mass is 16.6. The average Bonchev–Trinajstić information content (AvgIpc) is 3.33. The maximum Gasteiger partial charge on any atom is 0.407 e. The lowest BCUT2D eigenvalue weighted by Crippen LogP contribution is -2.71. The molecule has 230 valence electrons. The third-order valence-electron chi connectivity index (χ3n) is 9.14. The fraction of sp³-hybridized carbons (Fsp3) is 0.469. The van der Waals surface area contributed by atoms with Crippen molar-refractivity contribution in [2.75, 3.05) is 20.7 Å². The summed E-state index contributed by atoms with van der Waals surface area (Å²) in [5.74, 6) is -0.670. The molecule has 2 aromatic rings. The van der Waals surface area contributed by atoms with Gasteiger partial charge in [-0.2, -0.15) is 0 Å². The van der Waals surface area contributed by atoms with Crippen LogP contribution in [-0.4, -0.2) is 77.6 Å². The van der Waals surface area contributed by atoms with E-state index in [1.807, 2.05) is 39.1 Å². The number of nitrogens with zero attached hydrogens (tertiary/aromatic N) is 1. The highest BCUT2D eigenvalue weighted by Crippen LogP contribution is 2.62. The number of hydrogen-bond acceptors (Lipinski definition) is 9. The lowest BCUT2D eigenvalue weighted by molar-refractivity contribution is -0.162. The second-order valence-electron chi connectivity index (χ2n) is 11.6. The van der Waals surface area contributed by atoms with E-state index in [0.717, 1.165) is 16.7 Å². The summed E-state index contributed by atoms with van der Waals surface area (Å²) in [4.78, 5) is 39.4. The average molecular weight is 595 g/mol. The van der Waals surface area contributed by atoms with Gasteiger partial charge in [0, 0.05) is 18.0 Å². The van der Waals surface area contributed by atoms with Gasteiger partial charge in [-0.05, 0) is 57.1 Å². The largest absolute Gasteiger partial charge is 0.493 e. The van der Waals surface area contributed by atoms with Crippen molar-refractivity contribution in [3.05, 3.63) is 71.0 Å². The van der Waals surface area contributed by atoms with Crippen LogP contribution in [0.15, 0.2) is 54.3 Å². The molecule has 1 amide bonds. The quantitative estimate of drug-likeness (QED) is 0.369. The maximum absolute atomic E-state index is 13.3. The maximum atomic E-state index is 13.3. The lowest BCUT2D eigenvalue weighted by atomic mass is 9.54. The molecule has 1 aliphatic carbocycles. The molecular formula is C32H38N2O9. The van der Waals surface area contributed by atoms with Crippen molar-refractivity contribution in [1.82, 2.24) is 10.2 Å². The zero-order chi connectivity index (χ0) is 30.9. The minimum absolute atomic E-state index is 0.00907. The number of aliphatic hydroxyl groups is 1. The molecule has 3 N–H and O–H groups in total.